The molecule has 1 N–H and O–H groups in total. The SMILES string of the molecule is Cc1cc2n[nH]c(C)c2c(C(C)C)c1C. The van der Waals surface area contributed by atoms with Gasteiger partial charge in [-0.2, -0.15) is 5.10 Å². The molecule has 0 saturated carbocycles. The van der Waals surface area contributed by atoms with Gasteiger partial charge in [0, 0.05) is 11.1 Å². The Hall–Kier alpha value is -1.31. The minimum atomic E-state index is 0.545. The van der Waals surface area contributed by atoms with Crippen molar-refractivity contribution < 1.29 is 0 Å². The van der Waals surface area contributed by atoms with Gasteiger partial charge in [0.25, 0.3) is 0 Å². The molecule has 0 atom stereocenters. The third kappa shape index (κ3) is 1.44. The third-order valence-corrected chi connectivity index (χ3v) is 3.17. The summed E-state index contributed by atoms with van der Waals surface area (Å²) in [6.45, 7) is 10.9. The summed E-state index contributed by atoms with van der Waals surface area (Å²) >= 11 is 0. The van der Waals surface area contributed by atoms with E-state index in [1.807, 2.05) is 0 Å². The van der Waals surface area contributed by atoms with Crippen LogP contribution in [0.1, 0.15) is 42.1 Å². The molecule has 1 aromatic carbocycles. The number of rotatable bonds is 1. The maximum absolute atomic E-state index is 4.34. The summed E-state index contributed by atoms with van der Waals surface area (Å²) < 4.78 is 0. The molecule has 0 radical (unpaired) electrons. The van der Waals surface area contributed by atoms with Crippen molar-refractivity contribution in [3.63, 3.8) is 0 Å². The summed E-state index contributed by atoms with van der Waals surface area (Å²) in [5, 5.41) is 8.73. The molecule has 2 heteroatoms. The van der Waals surface area contributed by atoms with Gasteiger partial charge in [0.2, 0.25) is 0 Å². The second kappa shape index (κ2) is 3.37. The van der Waals surface area contributed by atoms with Crippen molar-refractivity contribution in [2.75, 3.05) is 0 Å². The second-order valence-electron chi connectivity index (χ2n) is 4.63. The molecule has 0 amide bonds. The number of nitrogens with zero attached hydrogens (tertiary/aromatic N) is 1. The van der Waals surface area contributed by atoms with Gasteiger partial charge in [-0.25, -0.2) is 0 Å². The van der Waals surface area contributed by atoms with Crippen LogP contribution in [0, 0.1) is 20.8 Å². The minimum Gasteiger partial charge on any atom is -0.282 e. The van der Waals surface area contributed by atoms with Gasteiger partial charge in [0.15, 0.2) is 0 Å². The van der Waals surface area contributed by atoms with Crippen LogP contribution < -0.4 is 0 Å². The molecular weight excluding hydrogens is 184 g/mol. The molecule has 15 heavy (non-hydrogen) atoms. The lowest BCUT2D eigenvalue weighted by Crippen LogP contribution is -1.96. The fourth-order valence-corrected chi connectivity index (χ4v) is 2.33. The first-order valence-electron chi connectivity index (χ1n) is 5.47. The highest BCUT2D eigenvalue weighted by molar-refractivity contribution is 5.87. The lowest BCUT2D eigenvalue weighted by Gasteiger charge is -2.14. The number of aromatic nitrogens is 2. The van der Waals surface area contributed by atoms with Crippen molar-refractivity contribution in [3.8, 4) is 0 Å². The molecule has 1 heterocycles. The van der Waals surface area contributed by atoms with Gasteiger partial charge in [0.05, 0.1) is 5.52 Å². The van der Waals surface area contributed by atoms with Crippen LogP contribution in [-0.2, 0) is 0 Å². The molecule has 0 aliphatic carbocycles. The molecule has 0 fully saturated rings. The normalized spacial score (nSPS) is 11.6. The van der Waals surface area contributed by atoms with Crippen molar-refractivity contribution >= 4 is 10.9 Å². The molecule has 2 aromatic rings. The maximum Gasteiger partial charge on any atom is 0.0929 e. The fraction of sp³-hybridized carbons (Fsp3) is 0.462. The van der Waals surface area contributed by atoms with E-state index < -0.39 is 0 Å². The lowest BCUT2D eigenvalue weighted by atomic mass is 9.90. The molecule has 0 aliphatic rings. The number of aryl methyl sites for hydroxylation is 2. The summed E-state index contributed by atoms with van der Waals surface area (Å²) in [6, 6.07) is 2.17. The molecule has 0 bridgehead atoms. The number of nitrogens with one attached hydrogen (secondary N) is 1. The van der Waals surface area contributed by atoms with Gasteiger partial charge in [0.1, 0.15) is 0 Å². The van der Waals surface area contributed by atoms with Gasteiger partial charge in [-0.3, -0.25) is 5.10 Å². The number of hydrogen-bond acceptors (Lipinski definition) is 1. The minimum absolute atomic E-state index is 0.545. The van der Waals surface area contributed by atoms with E-state index in [1.165, 1.54) is 27.8 Å². The molecule has 0 spiro atoms. The molecular formula is C13H18N2. The number of H-pyrrole nitrogens is 1. The van der Waals surface area contributed by atoms with Crippen LogP contribution in [-0.4, -0.2) is 10.2 Å². The Balaban J connectivity index is 2.93. The summed E-state index contributed by atoms with van der Waals surface area (Å²) in [7, 11) is 0. The van der Waals surface area contributed by atoms with Crippen LogP contribution in [0.2, 0.25) is 0 Å². The summed E-state index contributed by atoms with van der Waals surface area (Å²) in [5.74, 6) is 0.545. The zero-order valence-electron chi connectivity index (χ0n) is 10.1. The first-order chi connectivity index (χ1) is 7.02. The molecule has 0 unspecified atom stereocenters. The summed E-state index contributed by atoms with van der Waals surface area (Å²) in [4.78, 5) is 0. The Morgan fingerprint density at radius 1 is 1.20 bits per heavy atom. The van der Waals surface area contributed by atoms with Crippen LogP contribution >= 0.6 is 0 Å². The Labute approximate surface area is 90.7 Å². The average molecular weight is 202 g/mol. The summed E-state index contributed by atoms with van der Waals surface area (Å²) in [6.07, 6.45) is 0. The smallest absolute Gasteiger partial charge is 0.0929 e. The molecule has 1 aromatic heterocycles. The molecule has 2 rings (SSSR count). The molecule has 0 aliphatic heterocycles. The van der Waals surface area contributed by atoms with Crippen molar-refractivity contribution in [1.82, 2.24) is 10.2 Å². The molecule has 0 saturated heterocycles. The number of benzene rings is 1. The Morgan fingerprint density at radius 3 is 2.47 bits per heavy atom. The third-order valence-electron chi connectivity index (χ3n) is 3.17. The van der Waals surface area contributed by atoms with E-state index in [-0.39, 0.29) is 0 Å². The van der Waals surface area contributed by atoms with E-state index >= 15 is 0 Å². The van der Waals surface area contributed by atoms with Crippen LogP contribution in [0.15, 0.2) is 6.07 Å². The average Bonchev–Trinajstić information content (AvgIpc) is 2.49. The van der Waals surface area contributed by atoms with E-state index in [0.717, 1.165) is 5.52 Å². The maximum atomic E-state index is 4.34. The van der Waals surface area contributed by atoms with Crippen LogP contribution in [0.5, 0.6) is 0 Å². The van der Waals surface area contributed by atoms with Gasteiger partial charge < -0.3 is 0 Å². The standard InChI is InChI=1S/C13H18N2/c1-7(2)12-9(4)8(3)6-11-13(12)10(5)14-15-11/h6-7H,1-5H3,(H,14,15). The second-order valence-corrected chi connectivity index (χ2v) is 4.63. The van der Waals surface area contributed by atoms with Gasteiger partial charge >= 0.3 is 0 Å². The van der Waals surface area contributed by atoms with Crippen molar-refractivity contribution in [2.45, 2.75) is 40.5 Å². The monoisotopic (exact) mass is 202 g/mol. The van der Waals surface area contributed by atoms with Crippen molar-refractivity contribution in [2.24, 2.45) is 0 Å². The van der Waals surface area contributed by atoms with Crippen molar-refractivity contribution in [3.05, 3.63) is 28.5 Å². The fourth-order valence-electron chi connectivity index (χ4n) is 2.33. The van der Waals surface area contributed by atoms with E-state index in [4.69, 9.17) is 0 Å². The van der Waals surface area contributed by atoms with E-state index in [9.17, 15) is 0 Å². The lowest BCUT2D eigenvalue weighted by molar-refractivity contribution is 0.863. The molecule has 80 valence electrons. The topological polar surface area (TPSA) is 28.7 Å². The highest BCUT2D eigenvalue weighted by Crippen LogP contribution is 2.31. The highest BCUT2D eigenvalue weighted by atomic mass is 15.1. The van der Waals surface area contributed by atoms with E-state index in [1.54, 1.807) is 0 Å². The van der Waals surface area contributed by atoms with Crippen LogP contribution in [0.3, 0.4) is 0 Å². The number of fused-ring (bicyclic) bond motifs is 1. The highest BCUT2D eigenvalue weighted by Gasteiger charge is 2.14. The predicted octanol–water partition coefficient (Wildman–Crippen LogP) is 3.61. The molecule has 2 nitrogen and oxygen atoms in total. The van der Waals surface area contributed by atoms with Crippen molar-refractivity contribution in [1.29, 1.82) is 0 Å². The quantitative estimate of drug-likeness (QED) is 0.751. The Bertz CT molecular complexity index is 507. The van der Waals surface area contributed by atoms with Gasteiger partial charge in [-0.05, 0) is 49.4 Å². The number of hydrogen-bond donors (Lipinski definition) is 1. The first-order valence-corrected chi connectivity index (χ1v) is 5.47. The predicted molar refractivity (Wildman–Crippen MR) is 64.4 cm³/mol. The largest absolute Gasteiger partial charge is 0.282 e. The van der Waals surface area contributed by atoms with Crippen LogP contribution in [0.25, 0.3) is 10.9 Å². The Morgan fingerprint density at radius 2 is 1.87 bits per heavy atom. The van der Waals surface area contributed by atoms with E-state index in [2.05, 4.69) is 50.9 Å². The Kier molecular flexibility index (Phi) is 2.29. The summed E-state index contributed by atoms with van der Waals surface area (Å²) in [5.41, 5.74) is 6.45. The zero-order chi connectivity index (χ0) is 11.2. The van der Waals surface area contributed by atoms with Gasteiger partial charge in [-0.15, -0.1) is 0 Å². The number of aromatic amines is 1. The first kappa shape index (κ1) is 10.2. The zero-order valence-corrected chi connectivity index (χ0v) is 10.1. The van der Waals surface area contributed by atoms with Crippen LogP contribution in [0.4, 0.5) is 0 Å². The van der Waals surface area contributed by atoms with Gasteiger partial charge in [-0.1, -0.05) is 13.8 Å². The van der Waals surface area contributed by atoms with E-state index in [0.29, 0.717) is 5.92 Å².